The summed E-state index contributed by atoms with van der Waals surface area (Å²) in [6, 6.07) is 45.2. The van der Waals surface area contributed by atoms with Crippen LogP contribution in [0.25, 0.3) is 0 Å². The largest absolute Gasteiger partial charge is 0.488 e. The Morgan fingerprint density at radius 3 is 1.76 bits per heavy atom. The Balaban J connectivity index is 1.24. The van der Waals surface area contributed by atoms with E-state index >= 15 is 0 Å². The minimum Gasteiger partial charge on any atom is -0.488 e. The van der Waals surface area contributed by atoms with Crippen LogP contribution >= 0.6 is 11.6 Å². The predicted molar refractivity (Wildman–Crippen MR) is 236 cm³/mol. The molecule has 312 valence electrons. The van der Waals surface area contributed by atoms with Gasteiger partial charge in [0.05, 0.1) is 39.6 Å². The Kier molecular flexibility index (Phi) is 14.8. The highest BCUT2D eigenvalue weighted by Gasteiger charge is 2.50. The Hall–Kier alpha value is -3.83. The average molecular weight is 836 g/mol. The zero-order valence-corrected chi connectivity index (χ0v) is 36.8. The first kappa shape index (κ1) is 43.3. The second-order valence-corrected chi connectivity index (χ2v) is 22.4. The topological polar surface area (TPSA) is 64.6 Å². The van der Waals surface area contributed by atoms with Gasteiger partial charge in [-0.1, -0.05) is 148 Å². The maximum Gasteiger partial charge on any atom is 0.192 e. The van der Waals surface area contributed by atoms with Crippen molar-refractivity contribution in [2.24, 2.45) is 0 Å². The van der Waals surface area contributed by atoms with Gasteiger partial charge in [-0.2, -0.15) is 0 Å². The van der Waals surface area contributed by atoms with Crippen molar-refractivity contribution in [3.05, 3.63) is 172 Å². The smallest absolute Gasteiger partial charge is 0.192 e. The SMILES string of the molecule is CC(C)(C)[Si](C)(C)OC[C@H]1O[C@@H](c2ccc(Cl)c(Cc3ccc(O[C@@H]4CCOC4)cc3)c2)[C@H](OCc2ccccc2)[C@@H](OCc2ccccc2)[C@@H]1OCc1ccccc1. The molecule has 0 radical (unpaired) electrons. The molecule has 9 heteroatoms. The molecule has 7 rings (SSSR count). The number of hydrogen-bond acceptors (Lipinski definition) is 7. The van der Waals surface area contributed by atoms with Crippen LogP contribution < -0.4 is 4.74 Å². The molecule has 0 spiro atoms. The van der Waals surface area contributed by atoms with Crippen molar-refractivity contribution in [1.29, 1.82) is 0 Å². The predicted octanol–water partition coefficient (Wildman–Crippen LogP) is 11.3. The second-order valence-electron chi connectivity index (χ2n) is 17.2. The lowest BCUT2D eigenvalue weighted by Gasteiger charge is -2.47. The van der Waals surface area contributed by atoms with Crippen LogP contribution in [0.3, 0.4) is 0 Å². The van der Waals surface area contributed by atoms with Crippen LogP contribution in [0.5, 0.6) is 5.75 Å². The lowest BCUT2D eigenvalue weighted by Crippen LogP contribution is -2.59. The Labute approximate surface area is 357 Å². The summed E-state index contributed by atoms with van der Waals surface area (Å²) in [5, 5.41) is 0.695. The van der Waals surface area contributed by atoms with Crippen LogP contribution in [0.15, 0.2) is 133 Å². The molecule has 0 bridgehead atoms. The van der Waals surface area contributed by atoms with Crippen molar-refractivity contribution in [2.45, 2.75) is 108 Å². The number of rotatable bonds is 17. The van der Waals surface area contributed by atoms with E-state index in [1.165, 1.54) is 0 Å². The molecule has 59 heavy (non-hydrogen) atoms. The lowest BCUT2D eigenvalue weighted by atomic mass is 9.89. The van der Waals surface area contributed by atoms with E-state index in [0.717, 1.165) is 52.2 Å². The maximum absolute atomic E-state index is 7.29. The van der Waals surface area contributed by atoms with Gasteiger partial charge in [0, 0.05) is 11.4 Å². The van der Waals surface area contributed by atoms with Gasteiger partial charge in [-0.15, -0.1) is 0 Å². The number of ether oxygens (including phenoxy) is 6. The minimum absolute atomic E-state index is 0.00628. The fourth-order valence-electron chi connectivity index (χ4n) is 7.31. The van der Waals surface area contributed by atoms with Crippen molar-refractivity contribution < 1.29 is 32.8 Å². The van der Waals surface area contributed by atoms with Crippen molar-refractivity contribution in [2.75, 3.05) is 19.8 Å². The quantitative estimate of drug-likeness (QED) is 0.0865. The van der Waals surface area contributed by atoms with E-state index in [9.17, 15) is 0 Å². The fraction of sp³-hybridized carbons (Fsp3) is 0.400. The van der Waals surface area contributed by atoms with Gasteiger partial charge in [-0.25, -0.2) is 0 Å². The molecule has 0 aromatic heterocycles. The first-order chi connectivity index (χ1) is 28.5. The summed E-state index contributed by atoms with van der Waals surface area (Å²) in [6.07, 6.45) is -0.929. The van der Waals surface area contributed by atoms with Crippen LogP contribution in [-0.4, -0.2) is 58.7 Å². The van der Waals surface area contributed by atoms with E-state index in [1.807, 2.05) is 72.8 Å². The van der Waals surface area contributed by atoms with E-state index in [-0.39, 0.29) is 11.1 Å². The number of hydrogen-bond donors (Lipinski definition) is 0. The van der Waals surface area contributed by atoms with Crippen LogP contribution in [0.4, 0.5) is 0 Å². The molecule has 2 aliphatic rings. The Morgan fingerprint density at radius 1 is 0.661 bits per heavy atom. The molecular formula is C50H59ClO7Si. The number of benzene rings is 5. The third kappa shape index (κ3) is 11.7. The van der Waals surface area contributed by atoms with Gasteiger partial charge in [-0.3, -0.25) is 0 Å². The third-order valence-electron chi connectivity index (χ3n) is 11.8. The van der Waals surface area contributed by atoms with Crippen molar-refractivity contribution >= 4 is 19.9 Å². The summed E-state index contributed by atoms with van der Waals surface area (Å²) < 4.78 is 46.9. The van der Waals surface area contributed by atoms with E-state index in [4.69, 9.17) is 44.4 Å². The first-order valence-corrected chi connectivity index (χ1v) is 24.2. The molecule has 2 heterocycles. The van der Waals surface area contributed by atoms with Gasteiger partial charge in [0.1, 0.15) is 42.4 Å². The molecule has 0 saturated carbocycles. The molecule has 2 fully saturated rings. The Morgan fingerprint density at radius 2 is 1.22 bits per heavy atom. The monoisotopic (exact) mass is 834 g/mol. The molecule has 2 saturated heterocycles. The van der Waals surface area contributed by atoms with Crippen LogP contribution in [-0.2, 0) is 54.4 Å². The molecule has 2 aliphatic heterocycles. The molecule has 5 aromatic rings. The average Bonchev–Trinajstić information content (AvgIpc) is 3.76. The van der Waals surface area contributed by atoms with Crippen molar-refractivity contribution in [3.8, 4) is 5.75 Å². The summed E-state index contributed by atoms with van der Waals surface area (Å²) in [4.78, 5) is 0. The Bertz CT molecular complexity index is 2020. The highest BCUT2D eigenvalue weighted by atomic mass is 35.5. The maximum atomic E-state index is 7.29. The fourth-order valence-corrected chi connectivity index (χ4v) is 8.51. The molecule has 0 unspecified atom stereocenters. The summed E-state index contributed by atoms with van der Waals surface area (Å²) in [5.41, 5.74) is 6.26. The van der Waals surface area contributed by atoms with Gasteiger partial charge < -0.3 is 32.8 Å². The summed E-state index contributed by atoms with van der Waals surface area (Å²) in [7, 11) is -2.19. The minimum atomic E-state index is -2.19. The van der Waals surface area contributed by atoms with Gasteiger partial charge in [0.2, 0.25) is 0 Å². The van der Waals surface area contributed by atoms with E-state index in [0.29, 0.717) is 44.5 Å². The zero-order valence-electron chi connectivity index (χ0n) is 35.1. The molecule has 5 aromatic carbocycles. The standard InChI is InChI=1S/C50H59ClO7Si/c1-50(2,3)59(4,5)56-35-45-47(53-31-37-15-9-6-10-16-37)49(55-33-39-19-13-8-14-20-39)48(54-32-38-17-11-7-12-18-38)46(58-45)40-23-26-44(51)41(30-40)29-36-21-24-42(25-22-36)57-43-27-28-52-34-43/h6-26,30,43,45-49H,27-29,31-35H2,1-5H3/t43-,45-,46+,47-,48+,49+/m1/s1. The van der Waals surface area contributed by atoms with Crippen LogP contribution in [0, 0.1) is 0 Å². The van der Waals surface area contributed by atoms with Gasteiger partial charge in [0.25, 0.3) is 0 Å². The van der Waals surface area contributed by atoms with E-state index in [1.54, 1.807) is 0 Å². The molecule has 6 atom stereocenters. The zero-order chi connectivity index (χ0) is 41.2. The summed E-state index contributed by atoms with van der Waals surface area (Å²) >= 11 is 6.98. The van der Waals surface area contributed by atoms with Gasteiger partial charge in [-0.05, 0) is 76.1 Å². The van der Waals surface area contributed by atoms with Crippen molar-refractivity contribution in [3.63, 3.8) is 0 Å². The highest BCUT2D eigenvalue weighted by Crippen LogP contribution is 2.42. The van der Waals surface area contributed by atoms with Gasteiger partial charge >= 0.3 is 0 Å². The van der Waals surface area contributed by atoms with E-state index in [2.05, 4.69) is 94.5 Å². The third-order valence-corrected chi connectivity index (χ3v) is 16.7. The van der Waals surface area contributed by atoms with Crippen molar-refractivity contribution in [1.82, 2.24) is 0 Å². The molecule has 7 nitrogen and oxygen atoms in total. The summed E-state index contributed by atoms with van der Waals surface area (Å²) in [6.45, 7) is 14.2. The number of halogens is 1. The second kappa shape index (κ2) is 20.2. The molecule has 0 N–H and O–H groups in total. The first-order valence-electron chi connectivity index (χ1n) is 20.9. The highest BCUT2D eigenvalue weighted by molar-refractivity contribution is 6.74. The van der Waals surface area contributed by atoms with Crippen LogP contribution in [0.2, 0.25) is 23.2 Å². The summed E-state index contributed by atoms with van der Waals surface area (Å²) in [5.74, 6) is 0.842. The lowest BCUT2D eigenvalue weighted by molar-refractivity contribution is -0.271. The molecule has 0 aliphatic carbocycles. The van der Waals surface area contributed by atoms with E-state index < -0.39 is 38.8 Å². The molecular weight excluding hydrogens is 776 g/mol. The normalized spacial score (nSPS) is 22.3. The molecule has 0 amide bonds. The van der Waals surface area contributed by atoms with Gasteiger partial charge in [0.15, 0.2) is 8.32 Å². The van der Waals surface area contributed by atoms with Crippen LogP contribution in [0.1, 0.15) is 66.7 Å².